The van der Waals surface area contributed by atoms with Crippen molar-refractivity contribution >= 4 is 18.0 Å². The molecule has 1 saturated carbocycles. The van der Waals surface area contributed by atoms with E-state index in [0.717, 1.165) is 35.1 Å². The normalized spacial score (nSPS) is 19.8. The highest BCUT2D eigenvalue weighted by atomic mass is 16.5. The zero-order chi connectivity index (χ0) is 24.8. The number of amides is 2. The standard InChI is InChI=1S/C27H32N2O6/c1-34-15-14-24(26(31)32)28-25(30)21-12-6-7-13-23(21)29-27(33)35-16-22-19-10-4-2-8-17(19)18-9-3-5-11-20(18)22/h2-5,8-11,21-24H,6-7,12-16H2,1H3,(H,28,30)(H,29,33)(H,31,32)/t21-,23+,24?/m1/s1. The molecule has 2 aliphatic rings. The molecular formula is C27H32N2O6. The number of fused-ring (bicyclic) bond motifs is 3. The maximum atomic E-state index is 12.9. The summed E-state index contributed by atoms with van der Waals surface area (Å²) in [4.78, 5) is 37.2. The van der Waals surface area contributed by atoms with Gasteiger partial charge in [0.2, 0.25) is 5.91 Å². The van der Waals surface area contributed by atoms with E-state index in [1.165, 1.54) is 7.11 Å². The molecule has 4 rings (SSSR count). The second-order valence-electron chi connectivity index (χ2n) is 9.15. The Balaban J connectivity index is 1.37. The third-order valence-corrected chi connectivity index (χ3v) is 6.97. The van der Waals surface area contributed by atoms with Gasteiger partial charge in [0, 0.05) is 32.1 Å². The Morgan fingerprint density at radius 2 is 1.63 bits per heavy atom. The van der Waals surface area contributed by atoms with Crippen molar-refractivity contribution in [1.82, 2.24) is 10.6 Å². The van der Waals surface area contributed by atoms with Crippen LogP contribution in [0.2, 0.25) is 0 Å². The molecule has 2 aliphatic carbocycles. The summed E-state index contributed by atoms with van der Waals surface area (Å²) in [5, 5.41) is 14.9. The topological polar surface area (TPSA) is 114 Å². The minimum atomic E-state index is -1.10. The molecule has 0 radical (unpaired) electrons. The van der Waals surface area contributed by atoms with Gasteiger partial charge in [-0.1, -0.05) is 61.4 Å². The van der Waals surface area contributed by atoms with Gasteiger partial charge in [0.15, 0.2) is 0 Å². The number of carbonyl (C=O) groups excluding carboxylic acids is 2. The number of carboxylic acids is 1. The van der Waals surface area contributed by atoms with Gasteiger partial charge in [-0.25, -0.2) is 9.59 Å². The number of benzene rings is 2. The van der Waals surface area contributed by atoms with Crippen LogP contribution in [0.5, 0.6) is 0 Å². The summed E-state index contributed by atoms with van der Waals surface area (Å²) < 4.78 is 10.6. The van der Waals surface area contributed by atoms with E-state index in [1.54, 1.807) is 0 Å². The van der Waals surface area contributed by atoms with E-state index in [0.29, 0.717) is 12.8 Å². The molecule has 8 heteroatoms. The van der Waals surface area contributed by atoms with E-state index in [2.05, 4.69) is 34.9 Å². The van der Waals surface area contributed by atoms with Gasteiger partial charge in [-0.05, 0) is 35.1 Å². The third-order valence-electron chi connectivity index (χ3n) is 6.97. The number of carbonyl (C=O) groups is 3. The molecule has 0 saturated heterocycles. The van der Waals surface area contributed by atoms with Crippen molar-refractivity contribution in [3.63, 3.8) is 0 Å². The van der Waals surface area contributed by atoms with Crippen molar-refractivity contribution in [2.45, 2.75) is 50.1 Å². The molecule has 2 aromatic carbocycles. The average Bonchev–Trinajstić information content (AvgIpc) is 3.19. The lowest BCUT2D eigenvalue weighted by Gasteiger charge is -2.31. The Kier molecular flexibility index (Phi) is 8.02. The molecule has 0 spiro atoms. The summed E-state index contributed by atoms with van der Waals surface area (Å²) in [5.41, 5.74) is 4.57. The number of nitrogens with one attached hydrogen (secondary N) is 2. The highest BCUT2D eigenvalue weighted by Crippen LogP contribution is 2.44. The van der Waals surface area contributed by atoms with Crippen LogP contribution in [0.25, 0.3) is 11.1 Å². The van der Waals surface area contributed by atoms with Crippen LogP contribution in [0, 0.1) is 5.92 Å². The summed E-state index contributed by atoms with van der Waals surface area (Å²) in [6.07, 6.45) is 2.55. The summed E-state index contributed by atoms with van der Waals surface area (Å²) >= 11 is 0. The van der Waals surface area contributed by atoms with Crippen molar-refractivity contribution in [3.05, 3.63) is 59.7 Å². The van der Waals surface area contributed by atoms with Crippen LogP contribution in [-0.4, -0.2) is 55.5 Å². The summed E-state index contributed by atoms with van der Waals surface area (Å²) in [6.45, 7) is 0.422. The van der Waals surface area contributed by atoms with Crippen LogP contribution in [0.4, 0.5) is 4.79 Å². The number of aliphatic carboxylic acids is 1. The second kappa shape index (κ2) is 11.4. The minimum Gasteiger partial charge on any atom is -0.480 e. The Morgan fingerprint density at radius 3 is 2.26 bits per heavy atom. The monoisotopic (exact) mass is 480 g/mol. The zero-order valence-electron chi connectivity index (χ0n) is 19.9. The number of carboxylic acid groups (broad SMARTS) is 1. The zero-order valence-corrected chi connectivity index (χ0v) is 19.9. The molecule has 35 heavy (non-hydrogen) atoms. The van der Waals surface area contributed by atoms with Gasteiger partial charge in [-0.3, -0.25) is 4.79 Å². The van der Waals surface area contributed by atoms with Gasteiger partial charge in [0.05, 0.1) is 5.92 Å². The molecule has 0 heterocycles. The van der Waals surface area contributed by atoms with Gasteiger partial charge in [-0.15, -0.1) is 0 Å². The molecule has 8 nitrogen and oxygen atoms in total. The van der Waals surface area contributed by atoms with Crippen molar-refractivity contribution in [1.29, 1.82) is 0 Å². The molecule has 0 aliphatic heterocycles. The van der Waals surface area contributed by atoms with Crippen LogP contribution in [-0.2, 0) is 19.1 Å². The van der Waals surface area contributed by atoms with E-state index in [9.17, 15) is 19.5 Å². The lowest BCUT2D eigenvalue weighted by molar-refractivity contribution is -0.143. The molecule has 2 aromatic rings. The van der Waals surface area contributed by atoms with Gasteiger partial charge < -0.3 is 25.2 Å². The Morgan fingerprint density at radius 1 is 1.00 bits per heavy atom. The highest BCUT2D eigenvalue weighted by molar-refractivity contribution is 5.86. The van der Waals surface area contributed by atoms with E-state index < -0.39 is 30.1 Å². The predicted octanol–water partition coefficient (Wildman–Crippen LogP) is 3.69. The summed E-state index contributed by atoms with van der Waals surface area (Å²) in [6, 6.07) is 14.8. The van der Waals surface area contributed by atoms with Crippen LogP contribution in [0.1, 0.15) is 49.1 Å². The van der Waals surface area contributed by atoms with Crippen LogP contribution < -0.4 is 10.6 Å². The minimum absolute atomic E-state index is 0.0456. The first-order chi connectivity index (χ1) is 17.0. The molecule has 2 amide bonds. The largest absolute Gasteiger partial charge is 0.480 e. The molecular weight excluding hydrogens is 448 g/mol. The number of alkyl carbamates (subject to hydrolysis) is 1. The molecule has 3 N–H and O–H groups in total. The summed E-state index contributed by atoms with van der Waals surface area (Å²) in [5.74, 6) is -2.02. The van der Waals surface area contributed by atoms with Crippen molar-refractivity contribution in [3.8, 4) is 11.1 Å². The number of rotatable bonds is 9. The summed E-state index contributed by atoms with van der Waals surface area (Å²) in [7, 11) is 1.48. The van der Waals surface area contributed by atoms with E-state index in [4.69, 9.17) is 9.47 Å². The number of methoxy groups -OCH3 is 1. The molecule has 1 fully saturated rings. The smallest absolute Gasteiger partial charge is 0.407 e. The van der Waals surface area contributed by atoms with Gasteiger partial charge in [0.1, 0.15) is 12.6 Å². The number of hydrogen-bond acceptors (Lipinski definition) is 5. The van der Waals surface area contributed by atoms with Crippen molar-refractivity contribution in [2.24, 2.45) is 5.92 Å². The maximum absolute atomic E-state index is 12.9. The average molecular weight is 481 g/mol. The predicted molar refractivity (Wildman–Crippen MR) is 130 cm³/mol. The molecule has 3 atom stereocenters. The Labute approximate surface area is 205 Å². The quantitative estimate of drug-likeness (QED) is 0.504. The fourth-order valence-corrected chi connectivity index (χ4v) is 5.18. The lowest BCUT2D eigenvalue weighted by Crippen LogP contribution is -2.52. The molecule has 186 valence electrons. The molecule has 0 aromatic heterocycles. The van der Waals surface area contributed by atoms with E-state index >= 15 is 0 Å². The molecule has 1 unspecified atom stereocenters. The van der Waals surface area contributed by atoms with E-state index in [-0.39, 0.29) is 31.5 Å². The Hall–Kier alpha value is -3.39. The molecule has 0 bridgehead atoms. The van der Waals surface area contributed by atoms with E-state index in [1.807, 2.05) is 24.3 Å². The number of hydrogen-bond donors (Lipinski definition) is 3. The number of ether oxygens (including phenoxy) is 2. The first kappa shape index (κ1) is 24.7. The van der Waals surface area contributed by atoms with Crippen molar-refractivity contribution in [2.75, 3.05) is 20.3 Å². The van der Waals surface area contributed by atoms with Crippen molar-refractivity contribution < 1.29 is 29.0 Å². The highest BCUT2D eigenvalue weighted by Gasteiger charge is 2.35. The van der Waals surface area contributed by atoms with Crippen LogP contribution in [0.3, 0.4) is 0 Å². The Bertz CT molecular complexity index is 1030. The van der Waals surface area contributed by atoms with Gasteiger partial charge >= 0.3 is 12.1 Å². The third kappa shape index (κ3) is 5.65. The van der Waals surface area contributed by atoms with Crippen LogP contribution >= 0.6 is 0 Å². The van der Waals surface area contributed by atoms with Gasteiger partial charge in [0.25, 0.3) is 0 Å². The van der Waals surface area contributed by atoms with Crippen LogP contribution in [0.15, 0.2) is 48.5 Å². The second-order valence-corrected chi connectivity index (χ2v) is 9.15. The first-order valence-corrected chi connectivity index (χ1v) is 12.1. The fourth-order valence-electron chi connectivity index (χ4n) is 5.18. The lowest BCUT2D eigenvalue weighted by atomic mass is 9.83. The first-order valence-electron chi connectivity index (χ1n) is 12.1. The SMILES string of the molecule is COCCC(NC(=O)[C@@H]1CCCC[C@@H]1NC(=O)OCC1c2ccccc2-c2ccccc21)C(=O)O. The van der Waals surface area contributed by atoms with Gasteiger partial charge in [-0.2, -0.15) is 0 Å². The fraction of sp³-hybridized carbons (Fsp3) is 0.444. The maximum Gasteiger partial charge on any atom is 0.407 e.